The van der Waals surface area contributed by atoms with E-state index in [9.17, 15) is 14.4 Å². The Hall–Kier alpha value is -2.37. The molecule has 0 bridgehead atoms. The van der Waals surface area contributed by atoms with Crippen LogP contribution in [-0.4, -0.2) is 36.1 Å². The summed E-state index contributed by atoms with van der Waals surface area (Å²) in [5.74, 6) is -2.17. The summed E-state index contributed by atoms with van der Waals surface area (Å²) in [6.45, 7) is 3.71. The average Bonchev–Trinajstić information content (AvgIpc) is 2.41. The molecule has 6 heteroatoms. The van der Waals surface area contributed by atoms with Crippen molar-refractivity contribution in [3.8, 4) is 0 Å². The average molecular weight is 293 g/mol. The zero-order valence-corrected chi connectivity index (χ0v) is 12.3. The Morgan fingerprint density at radius 2 is 1.76 bits per heavy atom. The first-order valence-electron chi connectivity index (χ1n) is 6.52. The van der Waals surface area contributed by atoms with Gasteiger partial charge in [0.1, 0.15) is 6.04 Å². The lowest BCUT2D eigenvalue weighted by atomic mass is 10.1. The standard InChI is InChI=1S/C15H19NO5/c1-9-6-10(2)8-11(7-9)14(18)16-12(15(19)20)4-5-13(17)21-3/h6-8,12H,4-5H2,1-3H3,(H,16,18)(H,19,20)/t12-/m1/s1. The van der Waals surface area contributed by atoms with E-state index in [1.165, 1.54) is 7.11 Å². The number of esters is 1. The second-order valence-electron chi connectivity index (χ2n) is 4.86. The Morgan fingerprint density at radius 1 is 1.19 bits per heavy atom. The van der Waals surface area contributed by atoms with E-state index in [2.05, 4.69) is 10.1 Å². The van der Waals surface area contributed by atoms with E-state index in [0.717, 1.165) is 11.1 Å². The molecule has 2 N–H and O–H groups in total. The van der Waals surface area contributed by atoms with Crippen molar-refractivity contribution in [2.24, 2.45) is 0 Å². The predicted molar refractivity (Wildman–Crippen MR) is 76.1 cm³/mol. The Labute approximate surface area is 123 Å². The lowest BCUT2D eigenvalue weighted by molar-refractivity contribution is -0.142. The molecule has 1 aromatic rings. The van der Waals surface area contributed by atoms with Crippen LogP contribution in [0.2, 0.25) is 0 Å². The van der Waals surface area contributed by atoms with Crippen molar-refractivity contribution in [3.05, 3.63) is 34.9 Å². The van der Waals surface area contributed by atoms with Crippen LogP contribution in [0.3, 0.4) is 0 Å². The van der Waals surface area contributed by atoms with Gasteiger partial charge in [-0.1, -0.05) is 17.2 Å². The molecule has 0 aliphatic rings. The summed E-state index contributed by atoms with van der Waals surface area (Å²) in [5.41, 5.74) is 2.24. The number of rotatable bonds is 6. The van der Waals surface area contributed by atoms with Crippen LogP contribution in [0.25, 0.3) is 0 Å². The molecule has 0 radical (unpaired) electrons. The smallest absolute Gasteiger partial charge is 0.326 e. The Kier molecular flexibility index (Phi) is 5.90. The minimum Gasteiger partial charge on any atom is -0.480 e. The topological polar surface area (TPSA) is 92.7 Å². The van der Waals surface area contributed by atoms with Gasteiger partial charge in [-0.2, -0.15) is 0 Å². The molecule has 1 atom stereocenters. The lowest BCUT2D eigenvalue weighted by Gasteiger charge is -2.14. The van der Waals surface area contributed by atoms with Gasteiger partial charge in [0, 0.05) is 12.0 Å². The number of carboxylic acids is 1. The van der Waals surface area contributed by atoms with Crippen LogP contribution in [0.5, 0.6) is 0 Å². The monoisotopic (exact) mass is 293 g/mol. The molecule has 0 fully saturated rings. The maximum atomic E-state index is 12.1. The van der Waals surface area contributed by atoms with E-state index in [1.807, 2.05) is 19.9 Å². The first-order chi connectivity index (χ1) is 9.83. The van der Waals surface area contributed by atoms with Crippen molar-refractivity contribution in [3.63, 3.8) is 0 Å². The molecule has 0 aromatic heterocycles. The highest BCUT2D eigenvalue weighted by Gasteiger charge is 2.22. The van der Waals surface area contributed by atoms with Gasteiger partial charge in [-0.05, 0) is 32.4 Å². The highest BCUT2D eigenvalue weighted by molar-refractivity contribution is 5.97. The number of carbonyl (C=O) groups is 3. The second-order valence-corrected chi connectivity index (χ2v) is 4.86. The van der Waals surface area contributed by atoms with Gasteiger partial charge >= 0.3 is 11.9 Å². The van der Waals surface area contributed by atoms with Gasteiger partial charge < -0.3 is 15.2 Å². The van der Waals surface area contributed by atoms with Crippen LogP contribution >= 0.6 is 0 Å². The fourth-order valence-electron chi connectivity index (χ4n) is 1.97. The number of aryl methyl sites for hydroxylation is 2. The van der Waals surface area contributed by atoms with Crippen LogP contribution in [0.15, 0.2) is 18.2 Å². The van der Waals surface area contributed by atoms with Crippen LogP contribution in [0.4, 0.5) is 0 Å². The number of methoxy groups -OCH3 is 1. The molecule has 0 aliphatic carbocycles. The summed E-state index contributed by atoms with van der Waals surface area (Å²) in [7, 11) is 1.23. The first-order valence-corrected chi connectivity index (χ1v) is 6.52. The maximum Gasteiger partial charge on any atom is 0.326 e. The quantitative estimate of drug-likeness (QED) is 0.774. The van der Waals surface area contributed by atoms with Crippen molar-refractivity contribution in [2.45, 2.75) is 32.7 Å². The van der Waals surface area contributed by atoms with Gasteiger partial charge in [0.15, 0.2) is 0 Å². The van der Waals surface area contributed by atoms with Crippen LogP contribution < -0.4 is 5.32 Å². The van der Waals surface area contributed by atoms with E-state index < -0.39 is 23.9 Å². The van der Waals surface area contributed by atoms with E-state index in [0.29, 0.717) is 5.56 Å². The van der Waals surface area contributed by atoms with Crippen molar-refractivity contribution < 1.29 is 24.2 Å². The van der Waals surface area contributed by atoms with Gasteiger partial charge in [0.2, 0.25) is 0 Å². The Bertz CT molecular complexity index is 533. The SMILES string of the molecule is COC(=O)CC[C@@H](NC(=O)c1cc(C)cc(C)c1)C(=O)O. The molecule has 0 saturated heterocycles. The molecule has 1 amide bonds. The van der Waals surface area contributed by atoms with Crippen LogP contribution in [0.1, 0.15) is 34.3 Å². The largest absolute Gasteiger partial charge is 0.480 e. The molecular formula is C15H19NO5. The van der Waals surface area contributed by atoms with Gasteiger partial charge in [-0.25, -0.2) is 4.79 Å². The first kappa shape index (κ1) is 16.7. The van der Waals surface area contributed by atoms with E-state index in [4.69, 9.17) is 5.11 Å². The zero-order valence-electron chi connectivity index (χ0n) is 12.3. The number of benzene rings is 1. The van der Waals surface area contributed by atoms with E-state index in [-0.39, 0.29) is 12.8 Å². The minimum absolute atomic E-state index is 0.0153. The van der Waals surface area contributed by atoms with Gasteiger partial charge in [-0.3, -0.25) is 9.59 Å². The zero-order chi connectivity index (χ0) is 16.0. The van der Waals surface area contributed by atoms with Crippen molar-refractivity contribution >= 4 is 17.8 Å². The van der Waals surface area contributed by atoms with Crippen LogP contribution in [0, 0.1) is 13.8 Å². The summed E-state index contributed by atoms with van der Waals surface area (Å²) in [6, 6.07) is 4.16. The van der Waals surface area contributed by atoms with E-state index >= 15 is 0 Å². The number of carboxylic acid groups (broad SMARTS) is 1. The fraction of sp³-hybridized carbons (Fsp3) is 0.400. The highest BCUT2D eigenvalue weighted by Crippen LogP contribution is 2.10. The number of hydrogen-bond donors (Lipinski definition) is 2. The maximum absolute atomic E-state index is 12.1. The molecule has 0 saturated carbocycles. The minimum atomic E-state index is -1.18. The predicted octanol–water partition coefficient (Wildman–Crippen LogP) is 1.44. The molecular weight excluding hydrogens is 274 g/mol. The summed E-state index contributed by atoms with van der Waals surface area (Å²) < 4.78 is 4.46. The summed E-state index contributed by atoms with van der Waals surface area (Å²) in [5, 5.41) is 11.5. The van der Waals surface area contributed by atoms with Crippen LogP contribution in [-0.2, 0) is 14.3 Å². The third-order valence-corrected chi connectivity index (χ3v) is 2.95. The fourth-order valence-corrected chi connectivity index (χ4v) is 1.97. The molecule has 1 rings (SSSR count). The number of aliphatic carboxylic acids is 1. The van der Waals surface area contributed by atoms with Gasteiger partial charge in [0.25, 0.3) is 5.91 Å². The molecule has 0 unspecified atom stereocenters. The molecule has 6 nitrogen and oxygen atoms in total. The summed E-state index contributed by atoms with van der Waals surface area (Å²) in [6.07, 6.45) is -0.0842. The molecule has 0 aliphatic heterocycles. The van der Waals surface area contributed by atoms with E-state index in [1.54, 1.807) is 12.1 Å². The summed E-state index contributed by atoms with van der Waals surface area (Å²) in [4.78, 5) is 34.3. The molecule has 21 heavy (non-hydrogen) atoms. The Balaban J connectivity index is 2.76. The molecule has 0 spiro atoms. The van der Waals surface area contributed by atoms with Gasteiger partial charge in [-0.15, -0.1) is 0 Å². The number of amides is 1. The second kappa shape index (κ2) is 7.42. The third kappa shape index (κ3) is 5.25. The Morgan fingerprint density at radius 3 is 2.24 bits per heavy atom. The third-order valence-electron chi connectivity index (χ3n) is 2.95. The number of carbonyl (C=O) groups excluding carboxylic acids is 2. The van der Waals surface area contributed by atoms with Crippen molar-refractivity contribution in [1.82, 2.24) is 5.32 Å². The van der Waals surface area contributed by atoms with Gasteiger partial charge in [0.05, 0.1) is 7.11 Å². The highest BCUT2D eigenvalue weighted by atomic mass is 16.5. The number of nitrogens with one attached hydrogen (secondary N) is 1. The molecule has 0 heterocycles. The van der Waals surface area contributed by atoms with Crippen molar-refractivity contribution in [1.29, 1.82) is 0 Å². The number of ether oxygens (including phenoxy) is 1. The van der Waals surface area contributed by atoms with Crippen molar-refractivity contribution in [2.75, 3.05) is 7.11 Å². The lowest BCUT2D eigenvalue weighted by Crippen LogP contribution is -2.41. The molecule has 114 valence electrons. The normalized spacial score (nSPS) is 11.6. The molecule has 1 aromatic carbocycles. The summed E-state index contributed by atoms with van der Waals surface area (Å²) >= 11 is 0. The number of hydrogen-bond acceptors (Lipinski definition) is 4.